The number of rotatable bonds is 6. The Morgan fingerprint density at radius 3 is 2.22 bits per heavy atom. The third kappa shape index (κ3) is 3.23. The molecule has 0 aliphatic heterocycles. The van der Waals surface area contributed by atoms with E-state index in [1.165, 1.54) is 0 Å². The molecule has 0 aliphatic rings. The highest BCUT2D eigenvalue weighted by Crippen LogP contribution is 2.21. The molecule has 0 radical (unpaired) electrons. The summed E-state index contributed by atoms with van der Waals surface area (Å²) in [7, 11) is -1.75. The predicted molar refractivity (Wildman–Crippen MR) is 72.8 cm³/mol. The number of ether oxygens (including phenoxy) is 1. The van der Waals surface area contributed by atoms with Gasteiger partial charge in [0.15, 0.2) is 9.84 Å². The third-order valence-corrected chi connectivity index (χ3v) is 5.42. The highest BCUT2D eigenvalue weighted by Gasteiger charge is 2.27. The van der Waals surface area contributed by atoms with Crippen molar-refractivity contribution in [2.24, 2.45) is 0 Å². The molecule has 2 atom stereocenters. The molecule has 0 heterocycles. The molecule has 0 amide bonds. The fourth-order valence-corrected chi connectivity index (χ4v) is 3.32. The molecule has 0 bridgehead atoms. The van der Waals surface area contributed by atoms with Gasteiger partial charge in [0.2, 0.25) is 0 Å². The molecule has 4 nitrogen and oxygen atoms in total. The van der Waals surface area contributed by atoms with E-state index in [0.29, 0.717) is 10.6 Å². The first-order valence-corrected chi connectivity index (χ1v) is 7.59. The van der Waals surface area contributed by atoms with Gasteiger partial charge in [-0.05, 0) is 44.7 Å². The van der Waals surface area contributed by atoms with Crippen molar-refractivity contribution in [1.82, 2.24) is 5.32 Å². The van der Waals surface area contributed by atoms with Crippen molar-refractivity contribution >= 4 is 9.84 Å². The summed E-state index contributed by atoms with van der Waals surface area (Å²) in [5, 5.41) is 2.67. The lowest BCUT2D eigenvalue weighted by molar-refractivity contribution is 0.414. The molecule has 1 aromatic rings. The van der Waals surface area contributed by atoms with Crippen LogP contribution < -0.4 is 10.1 Å². The lowest BCUT2D eigenvalue weighted by Crippen LogP contribution is -2.40. The number of nitrogens with one attached hydrogen (secondary N) is 1. The van der Waals surface area contributed by atoms with Crippen molar-refractivity contribution in [3.63, 3.8) is 0 Å². The van der Waals surface area contributed by atoms with Gasteiger partial charge in [0.1, 0.15) is 5.75 Å². The van der Waals surface area contributed by atoms with E-state index in [2.05, 4.69) is 5.32 Å². The standard InChI is InChI=1S/C13H21NO3S/c1-5-14-10(2)11(3)18(15,16)13-8-6-12(17-4)7-9-13/h6-11,14H,5H2,1-4H3. The zero-order valence-electron chi connectivity index (χ0n) is 11.3. The highest BCUT2D eigenvalue weighted by molar-refractivity contribution is 7.92. The maximum atomic E-state index is 12.4. The molecule has 1 aromatic carbocycles. The van der Waals surface area contributed by atoms with E-state index in [4.69, 9.17) is 4.74 Å². The summed E-state index contributed by atoms with van der Waals surface area (Å²) in [5.41, 5.74) is 0. The van der Waals surface area contributed by atoms with Gasteiger partial charge < -0.3 is 10.1 Å². The summed E-state index contributed by atoms with van der Waals surface area (Å²) in [4.78, 5) is 0.334. The Labute approximate surface area is 109 Å². The molecule has 0 aliphatic carbocycles. The second kappa shape index (κ2) is 6.20. The SMILES string of the molecule is CCNC(C)C(C)S(=O)(=O)c1ccc(OC)cc1. The molecule has 0 saturated carbocycles. The monoisotopic (exact) mass is 271 g/mol. The fourth-order valence-electron chi connectivity index (χ4n) is 1.74. The molecule has 18 heavy (non-hydrogen) atoms. The Hall–Kier alpha value is -1.07. The van der Waals surface area contributed by atoms with Crippen LogP contribution in [0.5, 0.6) is 5.75 Å². The average Bonchev–Trinajstić information content (AvgIpc) is 2.38. The Morgan fingerprint density at radius 2 is 1.78 bits per heavy atom. The molecule has 0 aromatic heterocycles. The van der Waals surface area contributed by atoms with Crippen LogP contribution in [0.1, 0.15) is 20.8 Å². The summed E-state index contributed by atoms with van der Waals surface area (Å²) < 4.78 is 29.8. The summed E-state index contributed by atoms with van der Waals surface area (Å²) in [5.74, 6) is 0.654. The number of sulfone groups is 1. The molecular weight excluding hydrogens is 250 g/mol. The van der Waals surface area contributed by atoms with Gasteiger partial charge in [-0.15, -0.1) is 0 Å². The average molecular weight is 271 g/mol. The van der Waals surface area contributed by atoms with Crippen LogP contribution in [0.25, 0.3) is 0 Å². The van der Waals surface area contributed by atoms with Crippen LogP contribution in [0.2, 0.25) is 0 Å². The van der Waals surface area contributed by atoms with E-state index in [9.17, 15) is 8.42 Å². The molecular formula is C13H21NO3S. The topological polar surface area (TPSA) is 55.4 Å². The van der Waals surface area contributed by atoms with Crippen LogP contribution in [-0.2, 0) is 9.84 Å². The zero-order chi connectivity index (χ0) is 13.8. The van der Waals surface area contributed by atoms with E-state index in [1.807, 2.05) is 13.8 Å². The second-order valence-corrected chi connectivity index (χ2v) is 6.58. The second-order valence-electron chi connectivity index (χ2n) is 4.27. The van der Waals surface area contributed by atoms with Crippen LogP contribution in [0.3, 0.4) is 0 Å². The van der Waals surface area contributed by atoms with Crippen molar-refractivity contribution in [1.29, 1.82) is 0 Å². The first-order chi connectivity index (χ1) is 8.43. The summed E-state index contributed by atoms with van der Waals surface area (Å²) in [6.07, 6.45) is 0. The van der Waals surface area contributed by atoms with Crippen molar-refractivity contribution in [2.45, 2.75) is 37.0 Å². The van der Waals surface area contributed by atoms with Crippen LogP contribution in [-0.4, -0.2) is 33.4 Å². The molecule has 0 saturated heterocycles. The predicted octanol–water partition coefficient (Wildman–Crippen LogP) is 1.86. The molecule has 5 heteroatoms. The number of hydrogen-bond acceptors (Lipinski definition) is 4. The van der Waals surface area contributed by atoms with Crippen LogP contribution in [0.4, 0.5) is 0 Å². The lowest BCUT2D eigenvalue weighted by atomic mass is 10.2. The smallest absolute Gasteiger partial charge is 0.182 e. The van der Waals surface area contributed by atoms with Gasteiger partial charge in [0.25, 0.3) is 0 Å². The van der Waals surface area contributed by atoms with Crippen molar-refractivity contribution in [3.05, 3.63) is 24.3 Å². The Morgan fingerprint density at radius 1 is 1.22 bits per heavy atom. The highest BCUT2D eigenvalue weighted by atomic mass is 32.2. The van der Waals surface area contributed by atoms with Gasteiger partial charge in [0, 0.05) is 6.04 Å². The van der Waals surface area contributed by atoms with Gasteiger partial charge in [-0.2, -0.15) is 0 Å². The van der Waals surface area contributed by atoms with E-state index < -0.39 is 15.1 Å². The van der Waals surface area contributed by atoms with E-state index in [-0.39, 0.29) is 6.04 Å². The lowest BCUT2D eigenvalue weighted by Gasteiger charge is -2.21. The molecule has 1 N–H and O–H groups in total. The Kier molecular flexibility index (Phi) is 5.16. The maximum absolute atomic E-state index is 12.4. The first kappa shape index (κ1) is 15.0. The number of benzene rings is 1. The van der Waals surface area contributed by atoms with Crippen molar-refractivity contribution < 1.29 is 13.2 Å². The minimum absolute atomic E-state index is 0.0814. The largest absolute Gasteiger partial charge is 0.497 e. The van der Waals surface area contributed by atoms with Crippen molar-refractivity contribution in [2.75, 3.05) is 13.7 Å². The molecule has 1 rings (SSSR count). The van der Waals surface area contributed by atoms with Gasteiger partial charge >= 0.3 is 0 Å². The van der Waals surface area contributed by atoms with Crippen LogP contribution in [0, 0.1) is 0 Å². The van der Waals surface area contributed by atoms with Crippen LogP contribution in [0.15, 0.2) is 29.2 Å². The molecule has 0 fully saturated rings. The summed E-state index contributed by atoms with van der Waals surface area (Å²) >= 11 is 0. The summed E-state index contributed by atoms with van der Waals surface area (Å²) in [6.45, 7) is 6.33. The number of hydrogen-bond donors (Lipinski definition) is 1. The van der Waals surface area contributed by atoms with E-state index in [0.717, 1.165) is 6.54 Å². The van der Waals surface area contributed by atoms with Crippen molar-refractivity contribution in [3.8, 4) is 5.75 Å². The number of methoxy groups -OCH3 is 1. The van der Waals surface area contributed by atoms with Gasteiger partial charge in [0.05, 0.1) is 17.3 Å². The molecule has 102 valence electrons. The van der Waals surface area contributed by atoms with Crippen LogP contribution >= 0.6 is 0 Å². The molecule has 2 unspecified atom stereocenters. The zero-order valence-corrected chi connectivity index (χ0v) is 12.1. The Balaban J connectivity index is 2.97. The quantitative estimate of drug-likeness (QED) is 0.858. The first-order valence-electron chi connectivity index (χ1n) is 6.04. The summed E-state index contributed by atoms with van der Waals surface area (Å²) in [6, 6.07) is 6.42. The fraction of sp³-hybridized carbons (Fsp3) is 0.538. The maximum Gasteiger partial charge on any atom is 0.182 e. The normalized spacial score (nSPS) is 15.1. The minimum atomic E-state index is -3.30. The van der Waals surface area contributed by atoms with Gasteiger partial charge in [-0.25, -0.2) is 8.42 Å². The Bertz CT molecular complexity index is 468. The molecule has 0 spiro atoms. The van der Waals surface area contributed by atoms with E-state index >= 15 is 0 Å². The third-order valence-electron chi connectivity index (χ3n) is 3.11. The minimum Gasteiger partial charge on any atom is -0.497 e. The van der Waals surface area contributed by atoms with E-state index in [1.54, 1.807) is 38.3 Å². The van der Waals surface area contributed by atoms with Gasteiger partial charge in [-0.3, -0.25) is 0 Å². The van der Waals surface area contributed by atoms with Gasteiger partial charge in [-0.1, -0.05) is 6.92 Å².